The molecular formula is C14H26N2O2. The predicted octanol–water partition coefficient (Wildman–Crippen LogP) is 2.31. The van der Waals surface area contributed by atoms with Gasteiger partial charge in [-0.05, 0) is 38.7 Å². The van der Waals surface area contributed by atoms with Crippen molar-refractivity contribution in [3.8, 4) is 0 Å². The third kappa shape index (κ3) is 3.33. The van der Waals surface area contributed by atoms with E-state index in [9.17, 15) is 5.11 Å². The normalized spacial score (nSPS) is 13.8. The van der Waals surface area contributed by atoms with Gasteiger partial charge in [0, 0.05) is 25.5 Å². The highest BCUT2D eigenvalue weighted by Gasteiger charge is 2.34. The number of nitrogens with zero attached hydrogens (tertiary/aromatic N) is 2. The van der Waals surface area contributed by atoms with Gasteiger partial charge in [-0.2, -0.15) is 5.10 Å². The molecule has 4 nitrogen and oxygen atoms in total. The minimum atomic E-state index is -0.428. The van der Waals surface area contributed by atoms with Gasteiger partial charge in [0.1, 0.15) is 0 Å². The van der Waals surface area contributed by atoms with Crippen LogP contribution in [-0.2, 0) is 18.2 Å². The first-order valence-electron chi connectivity index (χ1n) is 6.88. The van der Waals surface area contributed by atoms with E-state index in [-0.39, 0.29) is 0 Å². The maximum Gasteiger partial charge on any atom is 0.0934 e. The van der Waals surface area contributed by atoms with Crippen molar-refractivity contribution in [3.05, 3.63) is 18.0 Å². The largest absolute Gasteiger partial charge is 0.390 e. The van der Waals surface area contributed by atoms with Gasteiger partial charge in [0.25, 0.3) is 0 Å². The zero-order valence-electron chi connectivity index (χ0n) is 12.0. The van der Waals surface area contributed by atoms with Crippen LogP contribution in [0.4, 0.5) is 0 Å². The minimum absolute atomic E-state index is 0.395. The lowest BCUT2D eigenvalue weighted by atomic mass is 9.87. The molecule has 18 heavy (non-hydrogen) atoms. The highest BCUT2D eigenvalue weighted by molar-refractivity contribution is 5.01. The van der Waals surface area contributed by atoms with Gasteiger partial charge in [-0.25, -0.2) is 0 Å². The second-order valence-corrected chi connectivity index (χ2v) is 4.71. The maximum absolute atomic E-state index is 10.4. The fraction of sp³-hybridized carbons (Fsp3) is 0.786. The van der Waals surface area contributed by atoms with Crippen molar-refractivity contribution in [1.29, 1.82) is 0 Å². The average molecular weight is 254 g/mol. The maximum atomic E-state index is 10.4. The third-order valence-corrected chi connectivity index (χ3v) is 3.83. The van der Waals surface area contributed by atoms with Crippen LogP contribution in [0, 0.1) is 0 Å². The molecule has 1 aromatic heterocycles. The first-order valence-corrected chi connectivity index (χ1v) is 6.88. The molecule has 0 aliphatic heterocycles. The number of aromatic nitrogens is 2. The summed E-state index contributed by atoms with van der Waals surface area (Å²) in [5.74, 6) is 0. The standard InChI is InChI=1S/C14H26N2O2/c1-5-14(6-2,18-7-3)13(17)9-8-12-10-11-15-16(12)4/h10-11,13,17H,5-9H2,1-4H3. The molecule has 0 bridgehead atoms. The molecular weight excluding hydrogens is 228 g/mol. The van der Waals surface area contributed by atoms with Crippen molar-refractivity contribution in [3.63, 3.8) is 0 Å². The van der Waals surface area contributed by atoms with Crippen LogP contribution in [0.25, 0.3) is 0 Å². The molecule has 0 aliphatic rings. The van der Waals surface area contributed by atoms with E-state index in [1.54, 1.807) is 6.20 Å². The Morgan fingerprint density at radius 3 is 2.50 bits per heavy atom. The van der Waals surface area contributed by atoms with Crippen LogP contribution in [0.15, 0.2) is 12.3 Å². The van der Waals surface area contributed by atoms with Crippen molar-refractivity contribution >= 4 is 0 Å². The van der Waals surface area contributed by atoms with Crippen molar-refractivity contribution in [1.82, 2.24) is 9.78 Å². The molecule has 0 spiro atoms. The van der Waals surface area contributed by atoms with E-state index in [1.807, 2.05) is 24.7 Å². The molecule has 1 rings (SSSR count). The van der Waals surface area contributed by atoms with Crippen LogP contribution in [0.5, 0.6) is 0 Å². The number of rotatable bonds is 8. The molecule has 4 heteroatoms. The third-order valence-electron chi connectivity index (χ3n) is 3.83. The molecule has 1 atom stereocenters. The van der Waals surface area contributed by atoms with Crippen molar-refractivity contribution in [2.24, 2.45) is 7.05 Å². The van der Waals surface area contributed by atoms with Crippen LogP contribution < -0.4 is 0 Å². The summed E-state index contributed by atoms with van der Waals surface area (Å²) in [4.78, 5) is 0. The number of hydrogen-bond acceptors (Lipinski definition) is 3. The molecule has 1 heterocycles. The van der Waals surface area contributed by atoms with Crippen LogP contribution in [-0.4, -0.2) is 33.2 Å². The van der Waals surface area contributed by atoms with E-state index in [1.165, 1.54) is 0 Å². The van der Waals surface area contributed by atoms with E-state index in [0.717, 1.165) is 25.0 Å². The van der Waals surface area contributed by atoms with Gasteiger partial charge in [0.2, 0.25) is 0 Å². The zero-order valence-corrected chi connectivity index (χ0v) is 12.0. The SMILES string of the molecule is CCOC(CC)(CC)C(O)CCc1ccnn1C. The van der Waals surface area contributed by atoms with Crippen molar-refractivity contribution in [2.45, 2.75) is 58.2 Å². The van der Waals surface area contributed by atoms with Crippen LogP contribution >= 0.6 is 0 Å². The summed E-state index contributed by atoms with van der Waals surface area (Å²) < 4.78 is 7.67. The summed E-state index contributed by atoms with van der Waals surface area (Å²) in [6.45, 7) is 6.78. The Morgan fingerprint density at radius 2 is 2.06 bits per heavy atom. The molecule has 0 aliphatic carbocycles. The van der Waals surface area contributed by atoms with Gasteiger partial charge in [0.05, 0.1) is 11.7 Å². The van der Waals surface area contributed by atoms with E-state index in [0.29, 0.717) is 13.0 Å². The molecule has 1 unspecified atom stereocenters. The van der Waals surface area contributed by atoms with Crippen LogP contribution in [0.1, 0.15) is 45.7 Å². The minimum Gasteiger partial charge on any atom is -0.390 e. The molecule has 0 fully saturated rings. The average Bonchev–Trinajstić information content (AvgIpc) is 2.79. The molecule has 0 saturated heterocycles. The Bertz CT molecular complexity index is 345. The quantitative estimate of drug-likeness (QED) is 0.774. The number of hydrogen-bond donors (Lipinski definition) is 1. The Labute approximate surface area is 110 Å². The summed E-state index contributed by atoms with van der Waals surface area (Å²) in [7, 11) is 1.93. The lowest BCUT2D eigenvalue weighted by molar-refractivity contribution is -0.127. The monoisotopic (exact) mass is 254 g/mol. The molecule has 0 saturated carbocycles. The molecule has 0 amide bonds. The highest BCUT2D eigenvalue weighted by atomic mass is 16.5. The summed E-state index contributed by atoms with van der Waals surface area (Å²) in [5, 5.41) is 14.6. The summed E-state index contributed by atoms with van der Waals surface area (Å²) in [6.07, 6.45) is 4.57. The van der Waals surface area contributed by atoms with Gasteiger partial charge in [-0.1, -0.05) is 13.8 Å². The van der Waals surface area contributed by atoms with Crippen molar-refractivity contribution < 1.29 is 9.84 Å². The van der Waals surface area contributed by atoms with E-state index < -0.39 is 11.7 Å². The summed E-state index contributed by atoms with van der Waals surface area (Å²) in [6, 6.07) is 1.99. The lowest BCUT2D eigenvalue weighted by Crippen LogP contribution is -2.44. The fourth-order valence-corrected chi connectivity index (χ4v) is 2.50. The van der Waals surface area contributed by atoms with E-state index >= 15 is 0 Å². The Hall–Kier alpha value is -0.870. The van der Waals surface area contributed by atoms with Gasteiger partial charge in [0.15, 0.2) is 0 Å². The first kappa shape index (κ1) is 15.2. The van der Waals surface area contributed by atoms with E-state index in [2.05, 4.69) is 18.9 Å². The smallest absolute Gasteiger partial charge is 0.0934 e. The van der Waals surface area contributed by atoms with Gasteiger partial charge in [-0.15, -0.1) is 0 Å². The van der Waals surface area contributed by atoms with Gasteiger partial charge in [-0.3, -0.25) is 4.68 Å². The molecule has 1 N–H and O–H groups in total. The molecule has 0 aromatic carbocycles. The lowest BCUT2D eigenvalue weighted by Gasteiger charge is -2.36. The Balaban J connectivity index is 2.62. The second-order valence-electron chi connectivity index (χ2n) is 4.71. The second kappa shape index (κ2) is 6.90. The number of aliphatic hydroxyl groups is 1. The van der Waals surface area contributed by atoms with Gasteiger partial charge < -0.3 is 9.84 Å². The Morgan fingerprint density at radius 1 is 1.39 bits per heavy atom. The topological polar surface area (TPSA) is 47.3 Å². The number of aliphatic hydroxyl groups excluding tert-OH is 1. The first-order chi connectivity index (χ1) is 8.59. The predicted molar refractivity (Wildman–Crippen MR) is 72.5 cm³/mol. The zero-order chi connectivity index (χ0) is 13.6. The molecule has 0 radical (unpaired) electrons. The summed E-state index contributed by atoms with van der Waals surface area (Å²) in [5.41, 5.74) is 0.750. The highest BCUT2D eigenvalue weighted by Crippen LogP contribution is 2.27. The van der Waals surface area contributed by atoms with Crippen molar-refractivity contribution in [2.75, 3.05) is 6.61 Å². The van der Waals surface area contributed by atoms with Crippen LogP contribution in [0.3, 0.4) is 0 Å². The van der Waals surface area contributed by atoms with Crippen LogP contribution in [0.2, 0.25) is 0 Å². The molecule has 104 valence electrons. The van der Waals surface area contributed by atoms with E-state index in [4.69, 9.17) is 4.74 Å². The summed E-state index contributed by atoms with van der Waals surface area (Å²) >= 11 is 0. The fourth-order valence-electron chi connectivity index (χ4n) is 2.50. The van der Waals surface area contributed by atoms with Gasteiger partial charge >= 0.3 is 0 Å². The Kier molecular flexibility index (Phi) is 5.82. The number of ether oxygens (including phenoxy) is 1. The molecule has 1 aromatic rings. The number of aryl methyl sites for hydroxylation is 2.